The number of nitrogens with one attached hydrogen (secondary N) is 1. The normalized spacial score (nSPS) is 20.2. The zero-order chi connectivity index (χ0) is 8.60. The Labute approximate surface area is 83.3 Å². The van der Waals surface area contributed by atoms with Crippen LogP contribution in [-0.4, -0.2) is 23.7 Å². The molecule has 1 saturated heterocycles. The molecule has 1 aliphatic rings. The Kier molecular flexibility index (Phi) is 2.10. The van der Waals surface area contributed by atoms with Crippen molar-refractivity contribution in [2.45, 2.75) is 12.5 Å². The smallest absolute Gasteiger partial charge is 0.274 e. The molecule has 0 aromatic carbocycles. The molecule has 3 nitrogen and oxygen atoms in total. The van der Waals surface area contributed by atoms with Gasteiger partial charge in [0.25, 0.3) is 5.19 Å². The maximum Gasteiger partial charge on any atom is 0.274 e. The third-order valence-electron chi connectivity index (χ3n) is 1.79. The molecule has 2 heterocycles. The van der Waals surface area contributed by atoms with Crippen LogP contribution in [0.25, 0.3) is 0 Å². The summed E-state index contributed by atoms with van der Waals surface area (Å²) in [5.41, 5.74) is -0.0444. The van der Waals surface area contributed by atoms with E-state index in [0.717, 1.165) is 22.1 Å². The van der Waals surface area contributed by atoms with Crippen LogP contribution in [0.1, 0.15) is 6.92 Å². The monoisotopic (exact) mass is 248 g/mol. The molecule has 1 aromatic heterocycles. The van der Waals surface area contributed by atoms with E-state index in [0.29, 0.717) is 0 Å². The average Bonchev–Trinajstić information content (AvgIpc) is 2.32. The Morgan fingerprint density at radius 3 is 2.92 bits per heavy atom. The first-order valence-electron chi connectivity index (χ1n) is 3.69. The van der Waals surface area contributed by atoms with E-state index in [4.69, 9.17) is 4.74 Å². The van der Waals surface area contributed by atoms with Gasteiger partial charge in [0.1, 0.15) is 5.60 Å². The first-order chi connectivity index (χ1) is 5.68. The minimum Gasteiger partial charge on any atom is -0.461 e. The van der Waals surface area contributed by atoms with Gasteiger partial charge in [0.2, 0.25) is 0 Å². The van der Waals surface area contributed by atoms with E-state index < -0.39 is 0 Å². The molecule has 0 radical (unpaired) electrons. The molecule has 0 saturated carbocycles. The largest absolute Gasteiger partial charge is 0.461 e. The fourth-order valence-electron chi connectivity index (χ4n) is 1.05. The van der Waals surface area contributed by atoms with Crippen LogP contribution in [0.4, 0.5) is 0 Å². The molecular weight excluding hydrogens is 240 g/mol. The van der Waals surface area contributed by atoms with Crippen LogP contribution in [0.3, 0.4) is 0 Å². The quantitative estimate of drug-likeness (QED) is 0.865. The van der Waals surface area contributed by atoms with Gasteiger partial charge in [-0.05, 0) is 22.9 Å². The van der Waals surface area contributed by atoms with Crippen LogP contribution in [0.5, 0.6) is 5.19 Å². The highest BCUT2D eigenvalue weighted by Crippen LogP contribution is 2.29. The lowest BCUT2D eigenvalue weighted by Gasteiger charge is -2.38. The number of hydrogen-bond donors (Lipinski definition) is 1. The Morgan fingerprint density at radius 2 is 2.50 bits per heavy atom. The average molecular weight is 249 g/mol. The van der Waals surface area contributed by atoms with Gasteiger partial charge in [-0.3, -0.25) is 0 Å². The van der Waals surface area contributed by atoms with Gasteiger partial charge in [-0.25, -0.2) is 4.98 Å². The number of rotatable bonds is 2. The van der Waals surface area contributed by atoms with Crippen molar-refractivity contribution in [3.05, 3.63) is 9.98 Å². The third kappa shape index (κ3) is 1.62. The lowest BCUT2D eigenvalue weighted by Crippen LogP contribution is -2.60. The maximum atomic E-state index is 5.67. The van der Waals surface area contributed by atoms with E-state index in [9.17, 15) is 0 Å². The summed E-state index contributed by atoms with van der Waals surface area (Å²) in [4.78, 5) is 4.10. The maximum absolute atomic E-state index is 5.67. The molecule has 66 valence electrons. The molecule has 5 heteroatoms. The molecule has 0 atom stereocenters. The molecule has 1 N–H and O–H groups in total. The summed E-state index contributed by atoms with van der Waals surface area (Å²) < 4.78 is 6.68. The number of aromatic nitrogens is 1. The Bertz CT molecular complexity index is 285. The number of hydrogen-bond acceptors (Lipinski definition) is 4. The highest BCUT2D eigenvalue weighted by molar-refractivity contribution is 9.11. The second-order valence-electron chi connectivity index (χ2n) is 3.09. The molecule has 1 fully saturated rings. The van der Waals surface area contributed by atoms with Crippen LogP contribution in [-0.2, 0) is 0 Å². The number of halogens is 1. The van der Waals surface area contributed by atoms with Gasteiger partial charge in [0.15, 0.2) is 0 Å². The van der Waals surface area contributed by atoms with Crippen molar-refractivity contribution in [3.8, 4) is 5.19 Å². The van der Waals surface area contributed by atoms with E-state index in [2.05, 4.69) is 33.2 Å². The van der Waals surface area contributed by atoms with E-state index in [1.54, 1.807) is 6.20 Å². The molecule has 0 aliphatic carbocycles. The molecular formula is C7H9BrN2OS. The summed E-state index contributed by atoms with van der Waals surface area (Å²) in [5.74, 6) is 0. The van der Waals surface area contributed by atoms with Crippen LogP contribution in [0.2, 0.25) is 0 Å². The second-order valence-corrected chi connectivity index (χ2v) is 5.46. The molecule has 0 bridgehead atoms. The van der Waals surface area contributed by atoms with Gasteiger partial charge in [-0.2, -0.15) is 0 Å². The predicted octanol–water partition coefficient (Wildman–Crippen LogP) is 1.65. The lowest BCUT2D eigenvalue weighted by molar-refractivity contribution is 0.0346. The summed E-state index contributed by atoms with van der Waals surface area (Å²) in [5, 5.41) is 3.91. The number of ether oxygens (including phenoxy) is 1. The van der Waals surface area contributed by atoms with E-state index in [1.165, 1.54) is 11.3 Å². The van der Waals surface area contributed by atoms with E-state index in [1.807, 2.05) is 0 Å². The predicted molar refractivity (Wildman–Crippen MR) is 51.7 cm³/mol. The van der Waals surface area contributed by atoms with Gasteiger partial charge in [-0.15, -0.1) is 0 Å². The van der Waals surface area contributed by atoms with Crippen molar-refractivity contribution < 1.29 is 4.74 Å². The third-order valence-corrected chi connectivity index (χ3v) is 3.14. The fourth-order valence-corrected chi connectivity index (χ4v) is 2.19. The van der Waals surface area contributed by atoms with Crippen LogP contribution in [0, 0.1) is 0 Å². The van der Waals surface area contributed by atoms with E-state index >= 15 is 0 Å². The standard InChI is InChI=1S/C7H9BrN2OS/c1-7(3-9-4-7)11-6-10-2-5(8)12-6/h2,9H,3-4H2,1H3. The van der Waals surface area contributed by atoms with Crippen molar-refractivity contribution in [2.24, 2.45) is 0 Å². The molecule has 0 amide bonds. The molecule has 1 aromatic rings. The van der Waals surface area contributed by atoms with Gasteiger partial charge < -0.3 is 10.1 Å². The minimum atomic E-state index is -0.0444. The zero-order valence-corrected chi connectivity index (χ0v) is 9.04. The van der Waals surface area contributed by atoms with Gasteiger partial charge >= 0.3 is 0 Å². The summed E-state index contributed by atoms with van der Waals surface area (Å²) in [7, 11) is 0. The SMILES string of the molecule is CC1(Oc2ncc(Br)s2)CNC1. The second kappa shape index (κ2) is 2.97. The Balaban J connectivity index is 2.03. The van der Waals surface area contributed by atoms with Crippen molar-refractivity contribution >= 4 is 27.3 Å². The lowest BCUT2D eigenvalue weighted by atomic mass is 10.0. The van der Waals surface area contributed by atoms with Gasteiger partial charge in [-0.1, -0.05) is 11.3 Å². The summed E-state index contributed by atoms with van der Waals surface area (Å²) in [6.07, 6.45) is 1.76. The first-order valence-corrected chi connectivity index (χ1v) is 5.30. The molecule has 1 aliphatic heterocycles. The van der Waals surface area contributed by atoms with Crippen LogP contribution < -0.4 is 10.1 Å². The Morgan fingerprint density at radius 1 is 1.75 bits per heavy atom. The van der Waals surface area contributed by atoms with Crippen LogP contribution >= 0.6 is 27.3 Å². The molecule has 0 spiro atoms. The van der Waals surface area contributed by atoms with E-state index in [-0.39, 0.29) is 5.60 Å². The molecule has 12 heavy (non-hydrogen) atoms. The fraction of sp³-hybridized carbons (Fsp3) is 0.571. The molecule has 0 unspecified atom stereocenters. The van der Waals surface area contributed by atoms with Crippen molar-refractivity contribution in [1.29, 1.82) is 0 Å². The number of nitrogens with zero attached hydrogens (tertiary/aromatic N) is 1. The zero-order valence-electron chi connectivity index (χ0n) is 6.63. The van der Waals surface area contributed by atoms with Crippen molar-refractivity contribution in [1.82, 2.24) is 10.3 Å². The highest BCUT2D eigenvalue weighted by Gasteiger charge is 2.34. The highest BCUT2D eigenvalue weighted by atomic mass is 79.9. The van der Waals surface area contributed by atoms with Crippen molar-refractivity contribution in [2.75, 3.05) is 13.1 Å². The first kappa shape index (κ1) is 8.47. The summed E-state index contributed by atoms with van der Waals surface area (Å²) >= 11 is 4.86. The summed E-state index contributed by atoms with van der Waals surface area (Å²) in [6.45, 7) is 3.90. The van der Waals surface area contributed by atoms with Crippen LogP contribution in [0.15, 0.2) is 9.98 Å². The molecule has 2 rings (SSSR count). The summed E-state index contributed by atoms with van der Waals surface area (Å²) in [6, 6.07) is 0. The van der Waals surface area contributed by atoms with Gasteiger partial charge in [0, 0.05) is 13.1 Å². The van der Waals surface area contributed by atoms with Crippen molar-refractivity contribution in [3.63, 3.8) is 0 Å². The minimum absolute atomic E-state index is 0.0444. The Hall–Kier alpha value is -0.130. The van der Waals surface area contributed by atoms with Gasteiger partial charge in [0.05, 0.1) is 9.98 Å². The topological polar surface area (TPSA) is 34.1 Å². The number of thiazole rings is 1.